The molecule has 1 atom stereocenters. The van der Waals surface area contributed by atoms with Crippen LogP contribution in [0.3, 0.4) is 0 Å². The Morgan fingerprint density at radius 2 is 2.10 bits per heavy atom. The lowest BCUT2D eigenvalue weighted by Crippen LogP contribution is -2.36. The Morgan fingerprint density at radius 3 is 2.76 bits per heavy atom. The van der Waals surface area contributed by atoms with E-state index in [1.54, 1.807) is 19.1 Å². The monoisotopic (exact) mass is 311 g/mol. The lowest BCUT2D eigenvalue weighted by Gasteiger charge is -2.21. The molecule has 2 rings (SSSR count). The highest BCUT2D eigenvalue weighted by Crippen LogP contribution is 2.26. The van der Waals surface area contributed by atoms with Gasteiger partial charge in [0.05, 0.1) is 4.90 Å². The molecule has 0 bridgehead atoms. The van der Waals surface area contributed by atoms with Gasteiger partial charge in [-0.3, -0.25) is 0 Å². The van der Waals surface area contributed by atoms with Crippen LogP contribution in [-0.4, -0.2) is 37.4 Å². The summed E-state index contributed by atoms with van der Waals surface area (Å²) in [5, 5.41) is 11.6. The Kier molecular flexibility index (Phi) is 4.53. The van der Waals surface area contributed by atoms with Crippen LogP contribution in [0, 0.1) is 5.92 Å². The van der Waals surface area contributed by atoms with E-state index < -0.39 is 10.0 Å². The standard InChI is InChI=1S/C14H21N3O3S/c1-10(14(15)16-18)9-17(2)21(19,20)13-7-6-11-4-3-5-12(11)8-13/h6-8,10,18H,3-5,9H2,1-2H3,(H2,15,16). The maximum absolute atomic E-state index is 12.6. The molecule has 0 saturated heterocycles. The zero-order chi connectivity index (χ0) is 15.6. The number of nitrogens with zero attached hydrogens (tertiary/aromatic N) is 2. The van der Waals surface area contributed by atoms with Crippen molar-refractivity contribution in [1.29, 1.82) is 0 Å². The molecular weight excluding hydrogens is 290 g/mol. The van der Waals surface area contributed by atoms with Gasteiger partial charge in [0, 0.05) is 19.5 Å². The quantitative estimate of drug-likeness (QED) is 0.369. The maximum Gasteiger partial charge on any atom is 0.242 e. The summed E-state index contributed by atoms with van der Waals surface area (Å²) in [5.41, 5.74) is 7.86. The van der Waals surface area contributed by atoms with E-state index in [0.29, 0.717) is 4.90 Å². The van der Waals surface area contributed by atoms with Crippen LogP contribution in [0.15, 0.2) is 28.3 Å². The molecule has 0 fully saturated rings. The van der Waals surface area contributed by atoms with Gasteiger partial charge in [0.2, 0.25) is 10.0 Å². The van der Waals surface area contributed by atoms with Crippen LogP contribution in [0.5, 0.6) is 0 Å². The summed E-state index contributed by atoms with van der Waals surface area (Å²) >= 11 is 0. The third-order valence-electron chi connectivity index (χ3n) is 3.93. The van der Waals surface area contributed by atoms with Gasteiger partial charge in [-0.1, -0.05) is 18.1 Å². The molecular formula is C14H21N3O3S. The summed E-state index contributed by atoms with van der Waals surface area (Å²) in [5.74, 6) is -0.338. The largest absolute Gasteiger partial charge is 0.409 e. The van der Waals surface area contributed by atoms with Crippen molar-refractivity contribution in [2.75, 3.05) is 13.6 Å². The highest BCUT2D eigenvalue weighted by atomic mass is 32.2. The van der Waals surface area contributed by atoms with E-state index in [1.807, 2.05) is 6.07 Å². The molecule has 6 nitrogen and oxygen atoms in total. The minimum absolute atomic E-state index is 0.0194. The molecule has 0 radical (unpaired) electrons. The smallest absolute Gasteiger partial charge is 0.242 e. The van der Waals surface area contributed by atoms with Crippen LogP contribution >= 0.6 is 0 Å². The van der Waals surface area contributed by atoms with Crippen molar-refractivity contribution in [2.45, 2.75) is 31.1 Å². The van der Waals surface area contributed by atoms with Crippen molar-refractivity contribution < 1.29 is 13.6 Å². The van der Waals surface area contributed by atoms with Gasteiger partial charge in [-0.15, -0.1) is 0 Å². The highest BCUT2D eigenvalue weighted by molar-refractivity contribution is 7.89. The normalized spacial score (nSPS) is 17.0. The van der Waals surface area contributed by atoms with Crippen LogP contribution in [-0.2, 0) is 22.9 Å². The zero-order valence-electron chi connectivity index (χ0n) is 12.3. The molecule has 0 saturated carbocycles. The van der Waals surface area contributed by atoms with E-state index in [0.717, 1.165) is 24.8 Å². The summed E-state index contributed by atoms with van der Waals surface area (Å²) in [4.78, 5) is 0.303. The number of sulfonamides is 1. The summed E-state index contributed by atoms with van der Waals surface area (Å²) in [6.07, 6.45) is 3.03. The number of nitrogens with two attached hydrogens (primary N) is 1. The topological polar surface area (TPSA) is 96.0 Å². The Hall–Kier alpha value is -1.60. The molecule has 0 heterocycles. The fourth-order valence-corrected chi connectivity index (χ4v) is 3.88. The van der Waals surface area contributed by atoms with Gasteiger partial charge in [0.15, 0.2) is 0 Å². The average Bonchev–Trinajstić information content (AvgIpc) is 2.93. The summed E-state index contributed by atoms with van der Waals surface area (Å²) in [7, 11) is -2.05. The molecule has 1 aliphatic rings. The highest BCUT2D eigenvalue weighted by Gasteiger charge is 2.25. The van der Waals surface area contributed by atoms with Gasteiger partial charge in [-0.2, -0.15) is 0 Å². The van der Waals surface area contributed by atoms with Gasteiger partial charge in [0.1, 0.15) is 5.84 Å². The van der Waals surface area contributed by atoms with Crippen LogP contribution in [0.4, 0.5) is 0 Å². The molecule has 1 aromatic rings. The maximum atomic E-state index is 12.6. The van der Waals surface area contributed by atoms with Crippen LogP contribution in [0.25, 0.3) is 0 Å². The molecule has 21 heavy (non-hydrogen) atoms. The fourth-order valence-electron chi connectivity index (χ4n) is 2.56. The Bertz CT molecular complexity index is 655. The molecule has 0 aliphatic heterocycles. The van der Waals surface area contributed by atoms with E-state index in [2.05, 4.69) is 5.16 Å². The first kappa shape index (κ1) is 15.8. The van der Waals surface area contributed by atoms with Crippen LogP contribution in [0.1, 0.15) is 24.5 Å². The number of amidine groups is 1. The molecule has 0 amide bonds. The Morgan fingerprint density at radius 1 is 1.43 bits per heavy atom. The number of hydrogen-bond acceptors (Lipinski definition) is 4. The predicted octanol–water partition coefficient (Wildman–Crippen LogP) is 1.18. The molecule has 1 aliphatic carbocycles. The van der Waals surface area contributed by atoms with Gasteiger partial charge < -0.3 is 10.9 Å². The number of benzene rings is 1. The van der Waals surface area contributed by atoms with E-state index >= 15 is 0 Å². The SMILES string of the molecule is CC(CN(C)S(=O)(=O)c1ccc2c(c1)CCC2)C(N)=NO. The molecule has 3 N–H and O–H groups in total. The van der Waals surface area contributed by atoms with Gasteiger partial charge in [0.25, 0.3) is 0 Å². The van der Waals surface area contributed by atoms with E-state index in [4.69, 9.17) is 10.9 Å². The third-order valence-corrected chi connectivity index (χ3v) is 5.75. The van der Waals surface area contributed by atoms with Crippen molar-refractivity contribution in [3.8, 4) is 0 Å². The third kappa shape index (κ3) is 3.19. The first-order valence-electron chi connectivity index (χ1n) is 6.92. The van der Waals surface area contributed by atoms with Crippen LogP contribution < -0.4 is 5.73 Å². The molecule has 1 aromatic carbocycles. The molecule has 7 heteroatoms. The van der Waals surface area contributed by atoms with E-state index in [9.17, 15) is 8.42 Å². The Labute approximate surface area is 125 Å². The summed E-state index contributed by atoms with van der Waals surface area (Å²) in [6, 6.07) is 5.32. The number of hydrogen-bond donors (Lipinski definition) is 2. The van der Waals surface area contributed by atoms with Gasteiger partial charge in [-0.05, 0) is 42.5 Å². The summed E-state index contributed by atoms with van der Waals surface area (Å²) in [6.45, 7) is 1.87. The second-order valence-electron chi connectivity index (χ2n) is 5.50. The number of rotatable bonds is 5. The number of aryl methyl sites for hydroxylation is 2. The molecule has 116 valence electrons. The van der Waals surface area contributed by atoms with E-state index in [1.165, 1.54) is 16.9 Å². The lowest BCUT2D eigenvalue weighted by molar-refractivity contribution is 0.312. The molecule has 0 spiro atoms. The average molecular weight is 311 g/mol. The second-order valence-corrected chi connectivity index (χ2v) is 7.54. The van der Waals surface area contributed by atoms with Crippen molar-refractivity contribution in [3.05, 3.63) is 29.3 Å². The molecule has 0 aromatic heterocycles. The second kappa shape index (κ2) is 6.03. The number of fused-ring (bicyclic) bond motifs is 1. The summed E-state index contributed by atoms with van der Waals surface area (Å²) < 4.78 is 26.4. The lowest BCUT2D eigenvalue weighted by atomic mass is 10.1. The fraction of sp³-hybridized carbons (Fsp3) is 0.500. The van der Waals surface area contributed by atoms with Gasteiger partial charge >= 0.3 is 0 Å². The minimum atomic E-state index is -3.56. The van der Waals surface area contributed by atoms with Crippen molar-refractivity contribution in [2.24, 2.45) is 16.8 Å². The first-order chi connectivity index (χ1) is 9.86. The zero-order valence-corrected chi connectivity index (χ0v) is 13.1. The molecule has 1 unspecified atom stereocenters. The van der Waals surface area contributed by atoms with Crippen molar-refractivity contribution in [3.63, 3.8) is 0 Å². The van der Waals surface area contributed by atoms with E-state index in [-0.39, 0.29) is 18.3 Å². The van der Waals surface area contributed by atoms with Gasteiger partial charge in [-0.25, -0.2) is 12.7 Å². The van der Waals surface area contributed by atoms with Crippen molar-refractivity contribution in [1.82, 2.24) is 4.31 Å². The first-order valence-corrected chi connectivity index (χ1v) is 8.36. The van der Waals surface area contributed by atoms with Crippen molar-refractivity contribution >= 4 is 15.9 Å². The Balaban J connectivity index is 2.21. The number of oxime groups is 1. The minimum Gasteiger partial charge on any atom is -0.409 e. The van der Waals surface area contributed by atoms with Crippen LogP contribution in [0.2, 0.25) is 0 Å². The predicted molar refractivity (Wildman–Crippen MR) is 80.9 cm³/mol.